The summed E-state index contributed by atoms with van der Waals surface area (Å²) in [6.07, 6.45) is 0. The molecule has 0 saturated carbocycles. The Morgan fingerprint density at radius 3 is 2.73 bits per heavy atom. The minimum Gasteiger partial charge on any atom is -0.477 e. The molecule has 1 amide bonds. The van der Waals surface area contributed by atoms with Gasteiger partial charge in [0.1, 0.15) is 4.88 Å². The summed E-state index contributed by atoms with van der Waals surface area (Å²) in [7, 11) is 1.57. The number of aromatic carboxylic acids is 1. The van der Waals surface area contributed by atoms with E-state index in [1.807, 2.05) is 0 Å². The van der Waals surface area contributed by atoms with Crippen LogP contribution in [0.5, 0.6) is 0 Å². The van der Waals surface area contributed by atoms with Crippen molar-refractivity contribution in [3.63, 3.8) is 0 Å². The lowest BCUT2D eigenvalue weighted by Gasteiger charge is -2.00. The van der Waals surface area contributed by atoms with Gasteiger partial charge in [0.25, 0.3) is 0 Å². The molecule has 1 rings (SSSR count). The summed E-state index contributed by atoms with van der Waals surface area (Å²) in [6, 6.07) is 3.30. The maximum Gasteiger partial charge on any atom is 0.345 e. The van der Waals surface area contributed by atoms with Gasteiger partial charge in [-0.1, -0.05) is 0 Å². The van der Waals surface area contributed by atoms with E-state index in [0.717, 1.165) is 4.88 Å². The summed E-state index contributed by atoms with van der Waals surface area (Å²) in [6.45, 7) is 0.738. The van der Waals surface area contributed by atoms with Crippen LogP contribution in [0.25, 0.3) is 0 Å². The number of carbonyl (C=O) groups excluding carboxylic acids is 1. The van der Waals surface area contributed by atoms with Crippen molar-refractivity contribution in [3.05, 3.63) is 21.9 Å². The number of rotatable bonds is 5. The van der Waals surface area contributed by atoms with Crippen LogP contribution < -0.4 is 10.6 Å². The van der Waals surface area contributed by atoms with Gasteiger partial charge >= 0.3 is 5.97 Å². The van der Waals surface area contributed by atoms with Crippen LogP contribution in [0.1, 0.15) is 14.5 Å². The monoisotopic (exact) mass is 228 g/mol. The van der Waals surface area contributed by atoms with Gasteiger partial charge in [0.05, 0.1) is 6.54 Å². The fourth-order valence-electron chi connectivity index (χ4n) is 0.975. The number of thiophene rings is 1. The minimum absolute atomic E-state index is 0.0926. The molecule has 82 valence electrons. The van der Waals surface area contributed by atoms with E-state index in [9.17, 15) is 9.59 Å². The Morgan fingerprint density at radius 2 is 2.20 bits per heavy atom. The molecule has 0 aliphatic carbocycles. The molecule has 0 aliphatic heterocycles. The van der Waals surface area contributed by atoms with Crippen molar-refractivity contribution in [2.45, 2.75) is 6.54 Å². The van der Waals surface area contributed by atoms with Gasteiger partial charge in [-0.05, 0) is 12.1 Å². The molecule has 0 saturated heterocycles. The Bertz CT molecular complexity index is 362. The number of carbonyl (C=O) groups is 2. The predicted octanol–water partition coefficient (Wildman–Crippen LogP) is 0.282. The molecule has 0 bridgehead atoms. The van der Waals surface area contributed by atoms with E-state index in [-0.39, 0.29) is 12.5 Å². The van der Waals surface area contributed by atoms with Gasteiger partial charge in [-0.25, -0.2) is 4.79 Å². The second-order valence-corrected chi connectivity index (χ2v) is 4.02. The van der Waals surface area contributed by atoms with Gasteiger partial charge in [-0.15, -0.1) is 11.3 Å². The van der Waals surface area contributed by atoms with Gasteiger partial charge < -0.3 is 15.7 Å². The van der Waals surface area contributed by atoms with Gasteiger partial charge in [-0.2, -0.15) is 0 Å². The smallest absolute Gasteiger partial charge is 0.345 e. The third kappa shape index (κ3) is 3.69. The van der Waals surface area contributed by atoms with E-state index in [1.54, 1.807) is 19.2 Å². The molecule has 15 heavy (non-hydrogen) atoms. The highest BCUT2D eigenvalue weighted by molar-refractivity contribution is 7.13. The lowest BCUT2D eigenvalue weighted by atomic mass is 10.4. The zero-order valence-corrected chi connectivity index (χ0v) is 9.06. The fourth-order valence-corrected chi connectivity index (χ4v) is 1.79. The van der Waals surface area contributed by atoms with Crippen LogP contribution in [-0.2, 0) is 11.3 Å². The summed E-state index contributed by atoms with van der Waals surface area (Å²) < 4.78 is 0. The fraction of sp³-hybridized carbons (Fsp3) is 0.333. The number of carboxylic acids is 1. The Balaban J connectivity index is 2.38. The third-order valence-corrected chi connectivity index (χ3v) is 2.81. The Hall–Kier alpha value is -1.40. The van der Waals surface area contributed by atoms with Crippen LogP contribution in [0, 0.1) is 0 Å². The second kappa shape index (κ2) is 5.47. The largest absolute Gasteiger partial charge is 0.477 e. The van der Waals surface area contributed by atoms with Gasteiger partial charge in [0.2, 0.25) is 5.91 Å². The summed E-state index contributed by atoms with van der Waals surface area (Å²) in [5.74, 6) is -1.01. The predicted molar refractivity (Wildman–Crippen MR) is 57.1 cm³/mol. The SMILES string of the molecule is CNC(=O)CNCc1ccc(C(=O)O)s1. The van der Waals surface area contributed by atoms with E-state index < -0.39 is 5.97 Å². The average molecular weight is 228 g/mol. The number of likely N-dealkylation sites (N-methyl/N-ethyl adjacent to an activating group) is 1. The maximum atomic E-state index is 10.9. The quantitative estimate of drug-likeness (QED) is 0.676. The lowest BCUT2D eigenvalue weighted by molar-refractivity contribution is -0.119. The first-order chi connectivity index (χ1) is 7.13. The lowest BCUT2D eigenvalue weighted by Crippen LogP contribution is -2.30. The Morgan fingerprint density at radius 1 is 1.47 bits per heavy atom. The zero-order valence-electron chi connectivity index (χ0n) is 8.24. The van der Waals surface area contributed by atoms with Crippen molar-refractivity contribution in [3.8, 4) is 0 Å². The summed E-state index contributed by atoms with van der Waals surface area (Å²) in [5.41, 5.74) is 0. The first-order valence-electron chi connectivity index (χ1n) is 4.37. The molecule has 6 heteroatoms. The molecular formula is C9H12N2O3S. The van der Waals surface area contributed by atoms with E-state index in [2.05, 4.69) is 10.6 Å². The third-order valence-electron chi connectivity index (χ3n) is 1.74. The van der Waals surface area contributed by atoms with E-state index in [4.69, 9.17) is 5.11 Å². The summed E-state index contributed by atoms with van der Waals surface area (Å²) in [5, 5.41) is 14.1. The second-order valence-electron chi connectivity index (χ2n) is 2.85. The molecule has 1 aromatic heterocycles. The maximum absolute atomic E-state index is 10.9. The number of hydrogen-bond donors (Lipinski definition) is 3. The van der Waals surface area contributed by atoms with E-state index >= 15 is 0 Å². The molecule has 0 atom stereocenters. The number of amides is 1. The number of hydrogen-bond acceptors (Lipinski definition) is 4. The molecule has 0 unspecified atom stereocenters. The molecule has 3 N–H and O–H groups in total. The van der Waals surface area contributed by atoms with Crippen LogP contribution in [0.4, 0.5) is 0 Å². The van der Waals surface area contributed by atoms with Gasteiger partial charge in [0, 0.05) is 18.5 Å². The van der Waals surface area contributed by atoms with Crippen molar-refractivity contribution in [2.24, 2.45) is 0 Å². The average Bonchev–Trinajstić information content (AvgIpc) is 2.66. The summed E-state index contributed by atoms with van der Waals surface area (Å²) >= 11 is 1.21. The molecule has 0 radical (unpaired) electrons. The zero-order chi connectivity index (χ0) is 11.3. The Labute approximate surface area is 91.1 Å². The topological polar surface area (TPSA) is 78.4 Å². The van der Waals surface area contributed by atoms with Gasteiger partial charge in [-0.3, -0.25) is 4.79 Å². The standard InChI is InChI=1S/C9H12N2O3S/c1-10-8(12)5-11-4-6-2-3-7(15-6)9(13)14/h2-3,11H,4-5H2,1H3,(H,10,12)(H,13,14). The summed E-state index contributed by atoms with van der Waals surface area (Å²) in [4.78, 5) is 22.6. The van der Waals surface area contributed by atoms with E-state index in [1.165, 1.54) is 11.3 Å². The number of carboxylic acid groups (broad SMARTS) is 1. The van der Waals surface area contributed by atoms with Crippen molar-refractivity contribution in [1.82, 2.24) is 10.6 Å². The van der Waals surface area contributed by atoms with Crippen molar-refractivity contribution in [1.29, 1.82) is 0 Å². The first kappa shape index (κ1) is 11.7. The van der Waals surface area contributed by atoms with Crippen molar-refractivity contribution < 1.29 is 14.7 Å². The van der Waals surface area contributed by atoms with Crippen LogP contribution in [0.15, 0.2) is 12.1 Å². The van der Waals surface area contributed by atoms with E-state index in [0.29, 0.717) is 11.4 Å². The normalized spacial score (nSPS) is 9.93. The molecule has 0 fully saturated rings. The Kier molecular flexibility index (Phi) is 4.26. The van der Waals surface area contributed by atoms with Crippen molar-refractivity contribution >= 4 is 23.2 Å². The first-order valence-corrected chi connectivity index (χ1v) is 5.18. The molecule has 1 aromatic rings. The van der Waals surface area contributed by atoms with Gasteiger partial charge in [0.15, 0.2) is 0 Å². The molecule has 1 heterocycles. The molecule has 0 aromatic carbocycles. The molecule has 0 aliphatic rings. The van der Waals surface area contributed by atoms with Crippen LogP contribution in [0.2, 0.25) is 0 Å². The molecule has 5 nitrogen and oxygen atoms in total. The van der Waals surface area contributed by atoms with Crippen LogP contribution in [-0.4, -0.2) is 30.6 Å². The minimum atomic E-state index is -0.919. The molecule has 0 spiro atoms. The number of nitrogens with one attached hydrogen (secondary N) is 2. The highest BCUT2D eigenvalue weighted by atomic mass is 32.1. The highest BCUT2D eigenvalue weighted by Gasteiger charge is 2.06. The van der Waals surface area contributed by atoms with Crippen LogP contribution in [0.3, 0.4) is 0 Å². The molecular weight excluding hydrogens is 216 g/mol. The van der Waals surface area contributed by atoms with Crippen LogP contribution >= 0.6 is 11.3 Å². The highest BCUT2D eigenvalue weighted by Crippen LogP contribution is 2.15. The van der Waals surface area contributed by atoms with Crippen molar-refractivity contribution in [2.75, 3.05) is 13.6 Å².